The molecule has 1 heterocycles. The normalized spacial score (nSPS) is 11.4. The molecule has 1 nitrogen and oxygen atoms in total. The Balaban J connectivity index is 2.62. The first-order valence-corrected chi connectivity index (χ1v) is 4.52. The highest BCUT2D eigenvalue weighted by Gasteiger charge is 2.09. The predicted molar refractivity (Wildman–Crippen MR) is 51.0 cm³/mol. The Morgan fingerprint density at radius 3 is 2.69 bits per heavy atom. The quantitative estimate of drug-likeness (QED) is 0.786. The highest BCUT2D eigenvalue weighted by Crippen LogP contribution is 2.25. The fourth-order valence-corrected chi connectivity index (χ4v) is 1.60. The van der Waals surface area contributed by atoms with E-state index in [4.69, 9.17) is 0 Å². The van der Waals surface area contributed by atoms with Crippen LogP contribution in [0.25, 0.3) is 10.9 Å². The van der Waals surface area contributed by atoms with Gasteiger partial charge in [0.2, 0.25) is 0 Å². The van der Waals surface area contributed by atoms with E-state index in [1.165, 1.54) is 6.07 Å². The average molecular weight is 246 g/mol. The number of alkyl halides is 2. The number of rotatable bonds is 1. The first-order valence-electron chi connectivity index (χ1n) is 3.73. The molecule has 0 saturated carbocycles. The van der Waals surface area contributed by atoms with Crippen LogP contribution in [0.1, 0.15) is 12.1 Å². The molecule has 0 spiro atoms. The van der Waals surface area contributed by atoms with Gasteiger partial charge in [0.1, 0.15) is 0 Å². The van der Waals surface area contributed by atoms with Crippen molar-refractivity contribution in [3.05, 3.63) is 34.4 Å². The molecule has 4 heteroatoms. The first-order chi connectivity index (χ1) is 6.16. The molecule has 2 aromatic rings. The second-order valence-electron chi connectivity index (χ2n) is 2.76. The fourth-order valence-electron chi connectivity index (χ4n) is 1.24. The van der Waals surface area contributed by atoms with E-state index < -0.39 is 6.43 Å². The van der Waals surface area contributed by atoms with Crippen molar-refractivity contribution in [1.29, 1.82) is 0 Å². The molecule has 0 aliphatic heterocycles. The zero-order chi connectivity index (χ0) is 9.42. The highest BCUT2D eigenvalue weighted by atomic mass is 79.9. The number of hydrogen-bond donors (Lipinski definition) is 1. The number of aromatic nitrogens is 1. The number of fused-ring (bicyclic) bond motifs is 1. The van der Waals surface area contributed by atoms with Crippen LogP contribution in [-0.4, -0.2) is 4.98 Å². The smallest absolute Gasteiger partial charge is 0.278 e. The summed E-state index contributed by atoms with van der Waals surface area (Å²) in [5.41, 5.74) is 0.692. The molecule has 1 aromatic carbocycles. The van der Waals surface area contributed by atoms with Crippen molar-refractivity contribution in [3.63, 3.8) is 0 Å². The lowest BCUT2D eigenvalue weighted by molar-refractivity contribution is 0.147. The van der Waals surface area contributed by atoms with E-state index in [1.807, 2.05) is 6.07 Å². The van der Waals surface area contributed by atoms with Gasteiger partial charge >= 0.3 is 0 Å². The molecule has 68 valence electrons. The lowest BCUT2D eigenvalue weighted by Gasteiger charge is -1.91. The monoisotopic (exact) mass is 245 g/mol. The van der Waals surface area contributed by atoms with Crippen LogP contribution in [0.4, 0.5) is 8.78 Å². The number of benzene rings is 1. The molecule has 0 saturated heterocycles. The summed E-state index contributed by atoms with van der Waals surface area (Å²) in [5.74, 6) is 0. The summed E-state index contributed by atoms with van der Waals surface area (Å²) in [4.78, 5) is 2.66. The second kappa shape index (κ2) is 3.10. The molecule has 0 fully saturated rings. The molecule has 0 aliphatic carbocycles. The fraction of sp³-hybridized carbons (Fsp3) is 0.111. The van der Waals surface area contributed by atoms with Gasteiger partial charge < -0.3 is 4.98 Å². The minimum Gasteiger partial charge on any atom is -0.354 e. The number of H-pyrrole nitrogens is 1. The van der Waals surface area contributed by atoms with Gasteiger partial charge in [-0.1, -0.05) is 22.0 Å². The molecule has 0 amide bonds. The third kappa shape index (κ3) is 1.58. The molecular weight excluding hydrogens is 240 g/mol. The zero-order valence-corrected chi connectivity index (χ0v) is 8.11. The van der Waals surface area contributed by atoms with Gasteiger partial charge in [-0.2, -0.15) is 0 Å². The Hall–Kier alpha value is -0.900. The summed E-state index contributed by atoms with van der Waals surface area (Å²) < 4.78 is 25.4. The third-order valence-electron chi connectivity index (χ3n) is 1.84. The van der Waals surface area contributed by atoms with Gasteiger partial charge in [0.15, 0.2) is 0 Å². The van der Waals surface area contributed by atoms with E-state index in [0.29, 0.717) is 0 Å². The van der Waals surface area contributed by atoms with Crippen LogP contribution in [-0.2, 0) is 0 Å². The van der Waals surface area contributed by atoms with Crippen LogP contribution in [0.5, 0.6) is 0 Å². The molecule has 1 aromatic heterocycles. The Bertz CT molecular complexity index is 436. The van der Waals surface area contributed by atoms with Gasteiger partial charge in [-0.15, -0.1) is 0 Å². The first kappa shape index (κ1) is 8.69. The molecular formula is C9H6BrF2N. The standard InChI is InChI=1S/C9H6BrF2N/c10-6-2-1-5-3-8(9(11)12)13-7(5)4-6/h1-4,9,13H. The summed E-state index contributed by atoms with van der Waals surface area (Å²) in [6.07, 6.45) is -2.44. The maximum Gasteiger partial charge on any atom is 0.278 e. The molecule has 0 aliphatic rings. The molecule has 2 rings (SSSR count). The Morgan fingerprint density at radius 2 is 2.00 bits per heavy atom. The van der Waals surface area contributed by atoms with Gasteiger partial charge in [-0.05, 0) is 23.6 Å². The minimum atomic E-state index is -2.44. The van der Waals surface area contributed by atoms with Crippen molar-refractivity contribution in [3.8, 4) is 0 Å². The summed E-state index contributed by atoms with van der Waals surface area (Å²) in [5, 5.41) is 0.804. The van der Waals surface area contributed by atoms with E-state index in [2.05, 4.69) is 20.9 Å². The van der Waals surface area contributed by atoms with E-state index >= 15 is 0 Å². The summed E-state index contributed by atoms with van der Waals surface area (Å²) in [6, 6.07) is 6.86. The van der Waals surface area contributed by atoms with Crippen molar-refractivity contribution < 1.29 is 8.78 Å². The van der Waals surface area contributed by atoms with Gasteiger partial charge in [0, 0.05) is 9.99 Å². The largest absolute Gasteiger partial charge is 0.354 e. The van der Waals surface area contributed by atoms with Crippen LogP contribution in [0.2, 0.25) is 0 Å². The maximum atomic E-state index is 12.3. The SMILES string of the molecule is FC(F)c1cc2ccc(Br)cc2[nH]1. The Labute approximate surface area is 81.9 Å². The highest BCUT2D eigenvalue weighted by molar-refractivity contribution is 9.10. The van der Waals surface area contributed by atoms with Gasteiger partial charge in [0.05, 0.1) is 5.69 Å². The minimum absolute atomic E-state index is 0.0342. The Morgan fingerprint density at radius 1 is 1.23 bits per heavy atom. The van der Waals surface area contributed by atoms with Gasteiger partial charge in [-0.25, -0.2) is 8.78 Å². The van der Waals surface area contributed by atoms with Crippen LogP contribution >= 0.6 is 15.9 Å². The molecule has 1 N–H and O–H groups in total. The summed E-state index contributed by atoms with van der Waals surface area (Å²) in [6.45, 7) is 0. The lowest BCUT2D eigenvalue weighted by Crippen LogP contribution is -1.80. The average Bonchev–Trinajstić information content (AvgIpc) is 2.46. The number of halogens is 3. The van der Waals surface area contributed by atoms with Crippen molar-refractivity contribution in [1.82, 2.24) is 4.98 Å². The predicted octanol–water partition coefficient (Wildman–Crippen LogP) is 3.87. The van der Waals surface area contributed by atoms with Crippen LogP contribution < -0.4 is 0 Å². The second-order valence-corrected chi connectivity index (χ2v) is 3.67. The molecule has 0 atom stereocenters. The van der Waals surface area contributed by atoms with Crippen molar-refractivity contribution in [2.24, 2.45) is 0 Å². The number of hydrogen-bond acceptors (Lipinski definition) is 0. The maximum absolute atomic E-state index is 12.3. The van der Waals surface area contributed by atoms with Crippen molar-refractivity contribution in [2.75, 3.05) is 0 Å². The van der Waals surface area contributed by atoms with Crippen LogP contribution in [0.3, 0.4) is 0 Å². The summed E-state index contributed by atoms with van der Waals surface area (Å²) >= 11 is 3.27. The van der Waals surface area contributed by atoms with E-state index in [1.54, 1.807) is 12.1 Å². The Kier molecular flexibility index (Phi) is 2.07. The van der Waals surface area contributed by atoms with Crippen molar-refractivity contribution in [2.45, 2.75) is 6.43 Å². The molecule has 0 bridgehead atoms. The van der Waals surface area contributed by atoms with Crippen LogP contribution in [0, 0.1) is 0 Å². The third-order valence-corrected chi connectivity index (χ3v) is 2.33. The van der Waals surface area contributed by atoms with E-state index in [0.717, 1.165) is 15.4 Å². The molecule has 13 heavy (non-hydrogen) atoms. The zero-order valence-electron chi connectivity index (χ0n) is 6.52. The number of nitrogens with one attached hydrogen (secondary N) is 1. The van der Waals surface area contributed by atoms with E-state index in [9.17, 15) is 8.78 Å². The molecule has 0 unspecified atom stereocenters. The lowest BCUT2D eigenvalue weighted by atomic mass is 10.2. The molecule has 0 radical (unpaired) electrons. The summed E-state index contributed by atoms with van der Waals surface area (Å²) in [7, 11) is 0. The van der Waals surface area contributed by atoms with E-state index in [-0.39, 0.29) is 5.69 Å². The van der Waals surface area contributed by atoms with Gasteiger partial charge in [0.25, 0.3) is 6.43 Å². The van der Waals surface area contributed by atoms with Crippen LogP contribution in [0.15, 0.2) is 28.7 Å². The van der Waals surface area contributed by atoms with Gasteiger partial charge in [-0.3, -0.25) is 0 Å². The number of aromatic amines is 1. The topological polar surface area (TPSA) is 15.8 Å². The van der Waals surface area contributed by atoms with Crippen molar-refractivity contribution >= 4 is 26.8 Å².